The van der Waals surface area contributed by atoms with Gasteiger partial charge in [-0.1, -0.05) is 46.1 Å². The number of hydrogen-bond acceptors (Lipinski definition) is 22. The van der Waals surface area contributed by atoms with Crippen LogP contribution in [-0.2, 0) is 68.4 Å². The number of alkyl halides is 18. The number of nitriles is 1. The van der Waals surface area contributed by atoms with E-state index >= 15 is 0 Å². The van der Waals surface area contributed by atoms with Crippen LogP contribution < -0.4 is 4.74 Å². The van der Waals surface area contributed by atoms with Crippen LogP contribution in [0.5, 0.6) is 5.75 Å². The summed E-state index contributed by atoms with van der Waals surface area (Å²) in [6.45, 7) is 35.8. The van der Waals surface area contributed by atoms with Crippen molar-refractivity contribution in [2.24, 2.45) is 65.1 Å². The first-order valence-electron chi connectivity index (χ1n) is 42.4. The highest BCUT2D eigenvalue weighted by Gasteiger charge is 2.72. The zero-order valence-electron chi connectivity index (χ0n) is 74.9. The van der Waals surface area contributed by atoms with E-state index in [4.69, 9.17) is 34.1 Å². The molecule has 744 valence electrons. The second kappa shape index (κ2) is 40.1. The predicted molar refractivity (Wildman–Crippen MR) is 433 cm³/mol. The molecule has 9 N–H and O–H groups in total. The summed E-state index contributed by atoms with van der Waals surface area (Å²) in [7, 11) is 0. The number of carboxylic acid groups (broad SMARTS) is 1. The zero-order chi connectivity index (χ0) is 102. The molecule has 0 amide bonds. The third-order valence-electron chi connectivity index (χ3n) is 26.9. The van der Waals surface area contributed by atoms with Gasteiger partial charge in [0.15, 0.2) is 22.4 Å². The first kappa shape index (κ1) is 112. The van der Waals surface area contributed by atoms with Crippen molar-refractivity contribution in [1.29, 1.82) is 5.26 Å². The van der Waals surface area contributed by atoms with Gasteiger partial charge in [-0.3, -0.25) is 0 Å². The van der Waals surface area contributed by atoms with Crippen molar-refractivity contribution >= 4 is 41.8 Å². The van der Waals surface area contributed by atoms with Crippen LogP contribution in [0, 0.1) is 76.4 Å². The summed E-state index contributed by atoms with van der Waals surface area (Å²) in [5.41, 5.74) is -22.5. The van der Waals surface area contributed by atoms with E-state index in [1.54, 1.807) is 20.8 Å². The number of halogens is 18. The molecule has 0 radical (unpaired) electrons. The molecular weight excluding hydrogens is 1800 g/mol. The van der Waals surface area contributed by atoms with Crippen molar-refractivity contribution in [3.8, 4) is 11.8 Å². The summed E-state index contributed by atoms with van der Waals surface area (Å²) >= 11 is 0. The topological polar surface area (TPSA) is 381 Å². The molecule has 132 heavy (non-hydrogen) atoms. The van der Waals surface area contributed by atoms with Gasteiger partial charge in [-0.2, -0.15) is 84.3 Å². The van der Waals surface area contributed by atoms with E-state index in [0.717, 1.165) is 64.2 Å². The standard InChI is InChI=1S/C16H22F6O4.C16H16F6O4.C15H18F6O3.C14H20O4.C14H20O3.C12H15NO2.C4H6O2/c2*1-8(2)12(23)26-11-6-9(13(3,24)15(17,18)19)5-10(7-11)14(4,25)16(20,21)22;1-7(2)12(22)24-11-5-8-3-9(11)4-10(8)6-13(23,14(16,17)18)15(19,20)21;1-9(2)11(15)18-14-5-10-3-12(16,7-14)6-13(17,4-10)8-14;1-9(2)12(15)17-14-6-10-3-11(7-14)5-13(16,4-10)8-14;1-7(2)12(14)15-11-5-8-3-9(11)4-10(8)6-13;1-3(2)4(5)6/h9-11,24-25H,1,5-7H2,2-4H3;5-7,24-25H,1H2,2-4H3;8-11,23H,1,3-6H2,2H3;10,16-17H,1,3-8H2,2H3;10-11,16H,1,3-8H2,2H3;8-11H,1,3-5H2,2H3;1H2,2H3,(H,5,6). The van der Waals surface area contributed by atoms with Crippen molar-refractivity contribution in [3.05, 3.63) is 114 Å². The van der Waals surface area contributed by atoms with Gasteiger partial charge in [0, 0.05) is 82.4 Å². The molecule has 1 aromatic rings. The van der Waals surface area contributed by atoms with E-state index in [0.29, 0.717) is 118 Å². The lowest BCUT2D eigenvalue weighted by molar-refractivity contribution is -0.373. The molecule has 1 aromatic carbocycles. The van der Waals surface area contributed by atoms with E-state index < -0.39 is 201 Å². The lowest BCUT2D eigenvalue weighted by Gasteiger charge is -2.62. The van der Waals surface area contributed by atoms with Crippen LogP contribution >= 0.6 is 0 Å². The average Bonchev–Trinajstić information content (AvgIpc) is 0.976. The Morgan fingerprint density at radius 3 is 1.06 bits per heavy atom. The first-order chi connectivity index (χ1) is 59.5. The third kappa shape index (κ3) is 26.7. The molecule has 13 fully saturated rings. The normalized spacial score (nSPS) is 32.1. The first-order valence-corrected chi connectivity index (χ1v) is 42.4. The van der Waals surface area contributed by atoms with E-state index in [2.05, 4.69) is 56.9 Å². The van der Waals surface area contributed by atoms with Gasteiger partial charge in [0.25, 0.3) is 5.60 Å². The van der Waals surface area contributed by atoms with Crippen LogP contribution in [0.25, 0.3) is 0 Å². The summed E-state index contributed by atoms with van der Waals surface area (Å²) in [5, 5.41) is 96.8. The molecule has 12 bridgehead atoms. The Hall–Kier alpha value is -8.40. The summed E-state index contributed by atoms with van der Waals surface area (Å²) in [4.78, 5) is 79.1. The highest BCUT2D eigenvalue weighted by Crippen LogP contribution is 2.63. The lowest BCUT2D eigenvalue weighted by Crippen LogP contribution is -2.66. The smallest absolute Gasteiger partial charge is 0.426 e. The molecule has 14 rings (SSSR count). The van der Waals surface area contributed by atoms with Gasteiger partial charge < -0.3 is 74.4 Å². The minimum atomic E-state index is -5.79. The molecule has 0 saturated heterocycles. The fourth-order valence-corrected chi connectivity index (χ4v) is 20.4. The molecule has 18 atom stereocenters. The molecule has 0 aliphatic heterocycles. The number of carbonyl (C=O) groups is 7. The summed E-state index contributed by atoms with van der Waals surface area (Å²) in [5.74, 6) is -7.99. The van der Waals surface area contributed by atoms with Gasteiger partial charge in [0.05, 0.1) is 22.9 Å². The summed E-state index contributed by atoms with van der Waals surface area (Å²) in [6.07, 6.45) is -24.7. The van der Waals surface area contributed by atoms with E-state index in [-0.39, 0.29) is 70.9 Å². The van der Waals surface area contributed by atoms with Crippen LogP contribution in [0.2, 0.25) is 0 Å². The average molecular weight is 1920 g/mol. The van der Waals surface area contributed by atoms with Crippen LogP contribution in [0.3, 0.4) is 0 Å². The lowest BCUT2D eigenvalue weighted by atomic mass is 9.50. The van der Waals surface area contributed by atoms with Gasteiger partial charge in [0.2, 0.25) is 0 Å². The predicted octanol–water partition coefficient (Wildman–Crippen LogP) is 17.2. The number of nitrogens with zero attached hydrogens (tertiary/aromatic N) is 1. The number of carboxylic acids is 1. The molecule has 0 aromatic heterocycles. The fraction of sp³-hybridized carbons (Fsp3) is 0.692. The molecule has 0 heterocycles. The number of aliphatic hydroxyl groups is 8. The number of benzene rings is 1. The van der Waals surface area contributed by atoms with Gasteiger partial charge in [0.1, 0.15) is 35.3 Å². The number of rotatable bonds is 19. The van der Waals surface area contributed by atoms with Gasteiger partial charge in [-0.25, -0.2) is 33.6 Å². The van der Waals surface area contributed by atoms with Crippen molar-refractivity contribution in [2.75, 3.05) is 0 Å². The molecule has 23 nitrogen and oxygen atoms in total. The highest BCUT2D eigenvalue weighted by atomic mass is 19.4. The Morgan fingerprint density at radius 2 is 0.742 bits per heavy atom. The molecule has 18 unspecified atom stereocenters. The van der Waals surface area contributed by atoms with Gasteiger partial charge in [-0.15, -0.1) is 0 Å². The quantitative estimate of drug-likeness (QED) is 0.0204. The Labute approximate surface area is 751 Å². The Bertz CT molecular complexity index is 4430. The molecule has 41 heteroatoms. The number of esters is 6. The summed E-state index contributed by atoms with van der Waals surface area (Å²) in [6, 6.07) is 3.80. The third-order valence-corrected chi connectivity index (χ3v) is 26.9. The highest BCUT2D eigenvalue weighted by molar-refractivity contribution is 5.90. The second-order valence-corrected chi connectivity index (χ2v) is 39.1. The van der Waals surface area contributed by atoms with Crippen LogP contribution in [0.15, 0.2) is 103 Å². The SMILES string of the molecule is C=C(C)C(=O)O.C=C(C)C(=O)OC12CC3CC(CC(O)(C3)C1)C2.C=C(C)C(=O)OC12CC3CC(O)(CC(O)(C3)C1)C2.C=C(C)C(=O)OC1CC(C(C)(O)C(F)(F)F)CC(C(C)(O)C(F)(F)F)C1.C=C(C)C(=O)OC1CC2CC1CC2C#N.C=C(C)C(=O)OC1CC2CC1CC2CC(O)(C(F)(F)F)C(F)(F)F.C=C(C)C(=O)Oc1cc(C(C)(O)C(F)(F)F)cc(C(C)(O)C(F)(F)F)c1. The minimum Gasteiger partial charge on any atom is -0.478 e. The Kier molecular flexibility index (Phi) is 34.1. The maximum absolute atomic E-state index is 13.1. The number of ether oxygens (including phenoxy) is 6. The number of fused-ring (bicyclic) bond motifs is 4. The van der Waals surface area contributed by atoms with Crippen LogP contribution in [0.1, 0.15) is 229 Å². The number of hydrogen-bond donors (Lipinski definition) is 9. The second-order valence-electron chi connectivity index (χ2n) is 39.1. The van der Waals surface area contributed by atoms with Crippen molar-refractivity contribution in [2.45, 2.75) is 329 Å². The minimum absolute atomic E-state index is 0.0313. The largest absolute Gasteiger partial charge is 0.478 e. The van der Waals surface area contributed by atoms with Crippen molar-refractivity contribution in [1.82, 2.24) is 0 Å². The van der Waals surface area contributed by atoms with Crippen molar-refractivity contribution < 1.29 is 187 Å². The maximum atomic E-state index is 13.1. The Balaban J connectivity index is 0.000000243. The van der Waals surface area contributed by atoms with Gasteiger partial charge in [-0.05, 0) is 268 Å². The molecule has 13 saturated carbocycles. The van der Waals surface area contributed by atoms with Crippen molar-refractivity contribution in [3.63, 3.8) is 0 Å². The fourth-order valence-electron chi connectivity index (χ4n) is 20.4. The number of aliphatic carboxylic acids is 1. The van der Waals surface area contributed by atoms with E-state index in [1.807, 2.05) is 0 Å². The van der Waals surface area contributed by atoms with Crippen LogP contribution in [-0.4, -0.2) is 188 Å². The molecule has 13 aliphatic rings. The van der Waals surface area contributed by atoms with E-state index in [1.165, 1.54) is 34.1 Å². The molecular formula is C91H117F18NO22. The van der Waals surface area contributed by atoms with Crippen LogP contribution in [0.4, 0.5) is 79.0 Å². The molecule has 0 spiro atoms. The summed E-state index contributed by atoms with van der Waals surface area (Å²) < 4.78 is 265. The Morgan fingerprint density at radius 1 is 0.394 bits per heavy atom. The van der Waals surface area contributed by atoms with E-state index in [9.17, 15) is 153 Å². The monoisotopic (exact) mass is 1920 g/mol. The zero-order valence-corrected chi connectivity index (χ0v) is 74.9. The number of carbonyl (C=O) groups excluding carboxylic acids is 6. The maximum Gasteiger partial charge on any atom is 0.426 e. The molecule has 13 aliphatic carbocycles. The van der Waals surface area contributed by atoms with Gasteiger partial charge >= 0.3 is 78.8 Å².